The van der Waals surface area contributed by atoms with E-state index >= 15 is 0 Å². The van der Waals surface area contributed by atoms with Gasteiger partial charge in [-0.05, 0) is 37.8 Å². The number of piperidine rings is 1. The number of carbonyl (C=O) groups excluding carboxylic acids is 2. The number of likely N-dealkylation sites (tertiary alicyclic amines) is 1. The van der Waals surface area contributed by atoms with Gasteiger partial charge in [-0.1, -0.05) is 0 Å². The lowest BCUT2D eigenvalue weighted by Crippen LogP contribution is -2.40. The third-order valence-electron chi connectivity index (χ3n) is 3.83. The molecule has 1 aliphatic carbocycles. The number of nitrogens with one attached hydrogen (secondary N) is 1. The topological polar surface area (TPSA) is 62.3 Å². The molecule has 3 rings (SSSR count). The highest BCUT2D eigenvalue weighted by molar-refractivity contribution is 5.95. The highest BCUT2D eigenvalue weighted by Gasteiger charge is 2.28. The van der Waals surface area contributed by atoms with E-state index in [9.17, 15) is 9.59 Å². The number of aromatic nitrogens is 1. The van der Waals surface area contributed by atoms with Crippen LogP contribution in [0.25, 0.3) is 0 Å². The van der Waals surface area contributed by atoms with Crippen LogP contribution in [0.4, 0.5) is 5.69 Å². The Kier molecular flexibility index (Phi) is 3.67. The van der Waals surface area contributed by atoms with Crippen molar-refractivity contribution in [2.75, 3.05) is 18.4 Å². The van der Waals surface area contributed by atoms with Gasteiger partial charge < -0.3 is 10.2 Å². The third kappa shape index (κ3) is 2.98. The van der Waals surface area contributed by atoms with E-state index in [1.165, 1.54) is 0 Å². The zero-order chi connectivity index (χ0) is 13.9. The number of carbonyl (C=O) groups is 2. The van der Waals surface area contributed by atoms with Crippen molar-refractivity contribution in [3.05, 3.63) is 24.0 Å². The van der Waals surface area contributed by atoms with Gasteiger partial charge in [-0.25, -0.2) is 0 Å². The molecule has 0 spiro atoms. The molecule has 20 heavy (non-hydrogen) atoms. The Labute approximate surface area is 118 Å². The Morgan fingerprint density at radius 3 is 3.00 bits per heavy atom. The summed E-state index contributed by atoms with van der Waals surface area (Å²) in [6, 6.07) is 3.71. The molecule has 1 N–H and O–H groups in total. The van der Waals surface area contributed by atoms with Crippen molar-refractivity contribution in [3.63, 3.8) is 0 Å². The molecule has 2 heterocycles. The van der Waals surface area contributed by atoms with Crippen molar-refractivity contribution in [2.45, 2.75) is 38.0 Å². The van der Waals surface area contributed by atoms with E-state index in [-0.39, 0.29) is 18.4 Å². The van der Waals surface area contributed by atoms with Gasteiger partial charge >= 0.3 is 0 Å². The van der Waals surface area contributed by atoms with Crippen LogP contribution in [0.5, 0.6) is 0 Å². The Morgan fingerprint density at radius 1 is 1.40 bits per heavy atom. The molecule has 0 bridgehead atoms. The second-order valence-corrected chi connectivity index (χ2v) is 5.53. The lowest BCUT2D eigenvalue weighted by molar-refractivity contribution is -0.136. The summed E-state index contributed by atoms with van der Waals surface area (Å²) in [7, 11) is 0. The van der Waals surface area contributed by atoms with E-state index in [2.05, 4.69) is 10.3 Å². The van der Waals surface area contributed by atoms with Gasteiger partial charge in [0, 0.05) is 25.1 Å². The van der Waals surface area contributed by atoms with Crippen LogP contribution in [-0.2, 0) is 9.59 Å². The molecule has 106 valence electrons. The van der Waals surface area contributed by atoms with Gasteiger partial charge in [-0.2, -0.15) is 0 Å². The maximum Gasteiger partial charge on any atom is 0.244 e. The largest absolute Gasteiger partial charge is 0.333 e. The van der Waals surface area contributed by atoms with Crippen LogP contribution < -0.4 is 5.32 Å². The average Bonchev–Trinajstić information content (AvgIpc) is 3.26. The van der Waals surface area contributed by atoms with Gasteiger partial charge in [0.05, 0.1) is 17.9 Å². The number of rotatable bonds is 4. The highest BCUT2D eigenvalue weighted by atomic mass is 16.2. The van der Waals surface area contributed by atoms with E-state index in [1.807, 2.05) is 12.1 Å². The standard InChI is InChI=1S/C15H19N3O2/c19-13(10-18-9-2-1-5-14(18)20)17-12-4-3-8-16-15(12)11-6-7-11/h3-4,8,11H,1-2,5-7,9-10H2,(H,17,19). The molecular weight excluding hydrogens is 254 g/mol. The van der Waals surface area contributed by atoms with Crippen LogP contribution in [0, 0.1) is 0 Å². The van der Waals surface area contributed by atoms with Gasteiger partial charge in [-0.3, -0.25) is 14.6 Å². The summed E-state index contributed by atoms with van der Waals surface area (Å²) in [4.78, 5) is 29.8. The molecular formula is C15H19N3O2. The maximum atomic E-state index is 12.1. The fourth-order valence-corrected chi connectivity index (χ4v) is 2.60. The maximum absolute atomic E-state index is 12.1. The third-order valence-corrected chi connectivity index (χ3v) is 3.83. The van der Waals surface area contributed by atoms with Gasteiger partial charge in [0.2, 0.25) is 11.8 Å². The van der Waals surface area contributed by atoms with Crippen molar-refractivity contribution >= 4 is 17.5 Å². The molecule has 1 aliphatic heterocycles. The first-order valence-electron chi connectivity index (χ1n) is 7.26. The van der Waals surface area contributed by atoms with Crippen LogP contribution in [-0.4, -0.2) is 34.8 Å². The Bertz CT molecular complexity index is 526. The Balaban J connectivity index is 1.62. The minimum atomic E-state index is -0.129. The summed E-state index contributed by atoms with van der Waals surface area (Å²) < 4.78 is 0. The van der Waals surface area contributed by atoms with Crippen LogP contribution in [0.2, 0.25) is 0 Å². The van der Waals surface area contributed by atoms with Gasteiger partial charge in [0.15, 0.2) is 0 Å². The molecule has 5 nitrogen and oxygen atoms in total. The van der Waals surface area contributed by atoms with Crippen molar-refractivity contribution < 1.29 is 9.59 Å². The van der Waals surface area contributed by atoms with Crippen LogP contribution in [0.15, 0.2) is 18.3 Å². The summed E-state index contributed by atoms with van der Waals surface area (Å²) in [5.41, 5.74) is 1.77. The lowest BCUT2D eigenvalue weighted by atomic mass is 10.1. The fraction of sp³-hybridized carbons (Fsp3) is 0.533. The van der Waals surface area contributed by atoms with E-state index in [0.717, 1.165) is 37.1 Å². The summed E-state index contributed by atoms with van der Waals surface area (Å²) in [6.45, 7) is 0.840. The Morgan fingerprint density at radius 2 is 2.25 bits per heavy atom. The van der Waals surface area contributed by atoms with Crippen molar-refractivity contribution in [1.82, 2.24) is 9.88 Å². The molecule has 1 aromatic heterocycles. The summed E-state index contributed by atoms with van der Waals surface area (Å²) >= 11 is 0. The zero-order valence-electron chi connectivity index (χ0n) is 11.5. The van der Waals surface area contributed by atoms with Crippen LogP contribution >= 0.6 is 0 Å². The fourth-order valence-electron chi connectivity index (χ4n) is 2.60. The second kappa shape index (κ2) is 5.61. The van der Waals surface area contributed by atoms with Gasteiger partial charge in [0.1, 0.15) is 0 Å². The monoisotopic (exact) mass is 273 g/mol. The molecule has 0 atom stereocenters. The molecule has 5 heteroatoms. The summed E-state index contributed by atoms with van der Waals surface area (Å²) in [6.07, 6.45) is 6.53. The summed E-state index contributed by atoms with van der Waals surface area (Å²) in [5, 5.41) is 2.90. The molecule has 1 saturated heterocycles. The number of hydrogen-bond donors (Lipinski definition) is 1. The molecule has 0 aromatic carbocycles. The normalized spacial score (nSPS) is 19.0. The first-order chi connectivity index (χ1) is 9.74. The van der Waals surface area contributed by atoms with E-state index < -0.39 is 0 Å². The molecule has 1 saturated carbocycles. The van der Waals surface area contributed by atoms with Gasteiger partial charge in [0.25, 0.3) is 0 Å². The lowest BCUT2D eigenvalue weighted by Gasteiger charge is -2.26. The summed E-state index contributed by atoms with van der Waals surface area (Å²) in [5.74, 6) is 0.443. The number of hydrogen-bond acceptors (Lipinski definition) is 3. The molecule has 2 amide bonds. The average molecular weight is 273 g/mol. The van der Waals surface area contributed by atoms with Gasteiger partial charge in [-0.15, -0.1) is 0 Å². The predicted octanol–water partition coefficient (Wildman–Crippen LogP) is 1.91. The smallest absolute Gasteiger partial charge is 0.244 e. The van der Waals surface area contributed by atoms with Crippen LogP contribution in [0.3, 0.4) is 0 Å². The minimum Gasteiger partial charge on any atom is -0.333 e. The number of pyridine rings is 1. The zero-order valence-corrected chi connectivity index (χ0v) is 11.5. The molecule has 0 radical (unpaired) electrons. The molecule has 2 fully saturated rings. The molecule has 1 aromatic rings. The second-order valence-electron chi connectivity index (χ2n) is 5.53. The minimum absolute atomic E-state index is 0.0833. The quantitative estimate of drug-likeness (QED) is 0.911. The predicted molar refractivity (Wildman–Crippen MR) is 75.3 cm³/mol. The highest BCUT2D eigenvalue weighted by Crippen LogP contribution is 2.41. The number of nitrogens with zero attached hydrogens (tertiary/aromatic N) is 2. The van der Waals surface area contributed by atoms with Crippen LogP contribution in [0.1, 0.15) is 43.7 Å². The number of anilines is 1. The van der Waals surface area contributed by atoms with Crippen molar-refractivity contribution in [3.8, 4) is 0 Å². The van der Waals surface area contributed by atoms with E-state index in [4.69, 9.17) is 0 Å². The van der Waals surface area contributed by atoms with E-state index in [0.29, 0.717) is 18.9 Å². The van der Waals surface area contributed by atoms with Crippen molar-refractivity contribution in [2.24, 2.45) is 0 Å². The van der Waals surface area contributed by atoms with E-state index in [1.54, 1.807) is 11.1 Å². The SMILES string of the molecule is O=C(CN1CCCCC1=O)Nc1cccnc1C1CC1. The Hall–Kier alpha value is -1.91. The first kappa shape index (κ1) is 13.1. The van der Waals surface area contributed by atoms with Crippen molar-refractivity contribution in [1.29, 1.82) is 0 Å². The molecule has 2 aliphatic rings. The molecule has 0 unspecified atom stereocenters. The number of amides is 2. The first-order valence-corrected chi connectivity index (χ1v) is 7.26.